The van der Waals surface area contributed by atoms with Crippen LogP contribution in [0.15, 0.2) is 0 Å². The standard InChI is InChI=1S/C18H31NO6/c1-5-23-18(22)15-6-9-19(10-7-15)16(20)12-25-17(21)14(4)24-11-8-13(2)3/h13-15H,5-12H2,1-4H3. The van der Waals surface area contributed by atoms with Gasteiger partial charge in [-0.2, -0.15) is 0 Å². The SMILES string of the molecule is CCOC(=O)C1CCN(C(=O)COC(=O)C(C)OCCC(C)C)CC1. The highest BCUT2D eigenvalue weighted by Crippen LogP contribution is 2.18. The Morgan fingerprint density at radius 3 is 2.28 bits per heavy atom. The summed E-state index contributed by atoms with van der Waals surface area (Å²) in [6, 6.07) is 0. The van der Waals surface area contributed by atoms with Crippen LogP contribution in [-0.2, 0) is 28.6 Å². The highest BCUT2D eigenvalue weighted by atomic mass is 16.6. The van der Waals surface area contributed by atoms with E-state index in [9.17, 15) is 14.4 Å². The van der Waals surface area contributed by atoms with Crippen molar-refractivity contribution in [1.29, 1.82) is 0 Å². The lowest BCUT2D eigenvalue weighted by Crippen LogP contribution is -2.43. The summed E-state index contributed by atoms with van der Waals surface area (Å²) in [5.41, 5.74) is 0. The number of carbonyl (C=O) groups is 3. The minimum Gasteiger partial charge on any atom is -0.466 e. The summed E-state index contributed by atoms with van der Waals surface area (Å²) in [5, 5.41) is 0. The van der Waals surface area contributed by atoms with Gasteiger partial charge in [0.2, 0.25) is 0 Å². The molecule has 1 fully saturated rings. The molecule has 144 valence electrons. The van der Waals surface area contributed by atoms with E-state index in [0.717, 1.165) is 6.42 Å². The summed E-state index contributed by atoms with van der Waals surface area (Å²) in [4.78, 5) is 37.3. The fourth-order valence-electron chi connectivity index (χ4n) is 2.51. The van der Waals surface area contributed by atoms with Crippen LogP contribution in [0.4, 0.5) is 0 Å². The van der Waals surface area contributed by atoms with Crippen LogP contribution in [0.2, 0.25) is 0 Å². The molecule has 1 saturated heterocycles. The van der Waals surface area contributed by atoms with E-state index < -0.39 is 12.1 Å². The monoisotopic (exact) mass is 357 g/mol. The fraction of sp³-hybridized carbons (Fsp3) is 0.833. The molecular formula is C18H31NO6. The van der Waals surface area contributed by atoms with Crippen molar-refractivity contribution >= 4 is 17.8 Å². The van der Waals surface area contributed by atoms with Crippen LogP contribution >= 0.6 is 0 Å². The van der Waals surface area contributed by atoms with E-state index in [1.54, 1.807) is 18.7 Å². The molecule has 0 spiro atoms. The molecule has 1 aliphatic rings. The van der Waals surface area contributed by atoms with E-state index in [0.29, 0.717) is 45.1 Å². The Kier molecular flexibility index (Phi) is 9.49. The second-order valence-corrected chi connectivity index (χ2v) is 6.71. The first-order chi connectivity index (χ1) is 11.8. The first-order valence-electron chi connectivity index (χ1n) is 9.07. The molecule has 1 heterocycles. The van der Waals surface area contributed by atoms with Gasteiger partial charge in [-0.05, 0) is 39.0 Å². The number of hydrogen-bond donors (Lipinski definition) is 0. The minimum atomic E-state index is -0.680. The van der Waals surface area contributed by atoms with Crippen molar-refractivity contribution in [2.75, 3.05) is 32.9 Å². The van der Waals surface area contributed by atoms with E-state index in [4.69, 9.17) is 14.2 Å². The van der Waals surface area contributed by atoms with Gasteiger partial charge in [0.05, 0.1) is 12.5 Å². The van der Waals surface area contributed by atoms with Crippen molar-refractivity contribution in [3.63, 3.8) is 0 Å². The van der Waals surface area contributed by atoms with Crippen LogP contribution in [-0.4, -0.2) is 61.8 Å². The lowest BCUT2D eigenvalue weighted by Gasteiger charge is -2.30. The predicted octanol–water partition coefficient (Wildman–Crippen LogP) is 1.78. The summed E-state index contributed by atoms with van der Waals surface area (Å²) in [5.74, 6) is -0.625. The molecule has 1 amide bonds. The molecule has 25 heavy (non-hydrogen) atoms. The summed E-state index contributed by atoms with van der Waals surface area (Å²) < 4.78 is 15.5. The average molecular weight is 357 g/mol. The summed E-state index contributed by atoms with van der Waals surface area (Å²) >= 11 is 0. The molecule has 0 saturated carbocycles. The van der Waals surface area contributed by atoms with Gasteiger partial charge in [0.1, 0.15) is 0 Å². The lowest BCUT2D eigenvalue weighted by atomic mass is 9.97. The van der Waals surface area contributed by atoms with Crippen molar-refractivity contribution in [3.05, 3.63) is 0 Å². The smallest absolute Gasteiger partial charge is 0.335 e. The normalized spacial score (nSPS) is 16.6. The number of rotatable bonds is 9. The Morgan fingerprint density at radius 2 is 1.72 bits per heavy atom. The lowest BCUT2D eigenvalue weighted by molar-refractivity contribution is -0.162. The first-order valence-corrected chi connectivity index (χ1v) is 9.07. The van der Waals surface area contributed by atoms with Crippen molar-refractivity contribution in [3.8, 4) is 0 Å². The summed E-state index contributed by atoms with van der Waals surface area (Å²) in [6.45, 7) is 9.07. The molecule has 0 N–H and O–H groups in total. The fourth-order valence-corrected chi connectivity index (χ4v) is 2.51. The molecule has 0 aliphatic carbocycles. The van der Waals surface area contributed by atoms with Gasteiger partial charge in [0, 0.05) is 19.7 Å². The third-order valence-corrected chi connectivity index (χ3v) is 4.20. The quantitative estimate of drug-likeness (QED) is 0.585. The number of amides is 1. The van der Waals surface area contributed by atoms with Crippen LogP contribution in [0.25, 0.3) is 0 Å². The van der Waals surface area contributed by atoms with Crippen LogP contribution in [0.3, 0.4) is 0 Å². The van der Waals surface area contributed by atoms with Crippen molar-refractivity contribution < 1.29 is 28.6 Å². The zero-order chi connectivity index (χ0) is 18.8. The first kappa shape index (κ1) is 21.4. The second kappa shape index (κ2) is 11.1. The number of hydrogen-bond acceptors (Lipinski definition) is 6. The largest absolute Gasteiger partial charge is 0.466 e. The molecule has 1 rings (SSSR count). The maximum atomic E-state index is 12.1. The Bertz CT molecular complexity index is 443. The molecule has 0 bridgehead atoms. The topological polar surface area (TPSA) is 82.1 Å². The third-order valence-electron chi connectivity index (χ3n) is 4.20. The molecular weight excluding hydrogens is 326 g/mol. The highest BCUT2D eigenvalue weighted by Gasteiger charge is 2.28. The van der Waals surface area contributed by atoms with Gasteiger partial charge in [0.15, 0.2) is 12.7 Å². The van der Waals surface area contributed by atoms with Gasteiger partial charge in [-0.1, -0.05) is 13.8 Å². The average Bonchev–Trinajstić information content (AvgIpc) is 2.59. The van der Waals surface area contributed by atoms with Gasteiger partial charge in [-0.25, -0.2) is 4.79 Å². The molecule has 0 aromatic rings. The molecule has 0 aromatic carbocycles. The molecule has 7 heteroatoms. The second-order valence-electron chi connectivity index (χ2n) is 6.71. The molecule has 7 nitrogen and oxygen atoms in total. The number of carbonyl (C=O) groups excluding carboxylic acids is 3. The van der Waals surface area contributed by atoms with E-state index in [-0.39, 0.29) is 24.4 Å². The van der Waals surface area contributed by atoms with Gasteiger partial charge in [0.25, 0.3) is 5.91 Å². The Labute approximate surface area is 150 Å². The maximum absolute atomic E-state index is 12.1. The number of likely N-dealkylation sites (tertiary alicyclic amines) is 1. The number of ether oxygens (including phenoxy) is 3. The van der Waals surface area contributed by atoms with Gasteiger partial charge < -0.3 is 19.1 Å². The number of nitrogens with zero attached hydrogens (tertiary/aromatic N) is 1. The van der Waals surface area contributed by atoms with Crippen LogP contribution in [0.1, 0.15) is 47.0 Å². The zero-order valence-corrected chi connectivity index (χ0v) is 15.8. The van der Waals surface area contributed by atoms with Crippen molar-refractivity contribution in [2.45, 2.75) is 53.1 Å². The van der Waals surface area contributed by atoms with E-state index in [1.807, 2.05) is 0 Å². The minimum absolute atomic E-state index is 0.152. The Morgan fingerprint density at radius 1 is 1.08 bits per heavy atom. The van der Waals surface area contributed by atoms with Crippen LogP contribution in [0, 0.1) is 11.8 Å². The van der Waals surface area contributed by atoms with Gasteiger partial charge in [-0.3, -0.25) is 9.59 Å². The zero-order valence-electron chi connectivity index (χ0n) is 15.8. The highest BCUT2D eigenvalue weighted by molar-refractivity contribution is 5.82. The van der Waals surface area contributed by atoms with E-state index in [2.05, 4.69) is 13.8 Å². The molecule has 0 aromatic heterocycles. The summed E-state index contributed by atoms with van der Waals surface area (Å²) in [7, 11) is 0. The number of esters is 2. The molecule has 0 radical (unpaired) electrons. The number of piperidine rings is 1. The van der Waals surface area contributed by atoms with E-state index >= 15 is 0 Å². The summed E-state index contributed by atoms with van der Waals surface area (Å²) in [6.07, 6.45) is 1.34. The van der Waals surface area contributed by atoms with Crippen molar-refractivity contribution in [1.82, 2.24) is 4.90 Å². The maximum Gasteiger partial charge on any atom is 0.335 e. The van der Waals surface area contributed by atoms with E-state index in [1.165, 1.54) is 0 Å². The molecule has 1 atom stereocenters. The van der Waals surface area contributed by atoms with Gasteiger partial charge >= 0.3 is 11.9 Å². The van der Waals surface area contributed by atoms with Crippen LogP contribution in [0.5, 0.6) is 0 Å². The third kappa shape index (κ3) is 7.86. The predicted molar refractivity (Wildman–Crippen MR) is 91.8 cm³/mol. The molecule has 1 unspecified atom stereocenters. The van der Waals surface area contributed by atoms with Crippen LogP contribution < -0.4 is 0 Å². The van der Waals surface area contributed by atoms with Crippen molar-refractivity contribution in [2.24, 2.45) is 11.8 Å². The Balaban J connectivity index is 2.26. The van der Waals surface area contributed by atoms with Gasteiger partial charge in [-0.15, -0.1) is 0 Å². The Hall–Kier alpha value is -1.63. The molecule has 1 aliphatic heterocycles.